The van der Waals surface area contributed by atoms with Crippen molar-refractivity contribution in [2.45, 2.75) is 133 Å². The molecule has 0 spiro atoms. The summed E-state index contributed by atoms with van der Waals surface area (Å²) in [6, 6.07) is 2.21. The van der Waals surface area contributed by atoms with E-state index in [1.807, 2.05) is 0 Å². The number of alkyl halides is 6. The third-order valence-corrected chi connectivity index (χ3v) is 16.2. The van der Waals surface area contributed by atoms with Gasteiger partial charge in [-0.1, -0.05) is 148 Å². The first-order valence-corrected chi connectivity index (χ1v) is 30.7. The van der Waals surface area contributed by atoms with Crippen molar-refractivity contribution in [2.75, 3.05) is 52.3 Å². The van der Waals surface area contributed by atoms with Crippen molar-refractivity contribution in [3.05, 3.63) is 233 Å². The van der Waals surface area contributed by atoms with Crippen LogP contribution in [0.1, 0.15) is 142 Å². The Balaban J connectivity index is 0.000000288. The Bertz CT molecular complexity index is 5500. The van der Waals surface area contributed by atoms with Crippen molar-refractivity contribution in [3.8, 4) is 22.3 Å². The maximum absolute atomic E-state index is 15.0. The van der Waals surface area contributed by atoms with Gasteiger partial charge in [-0.3, -0.25) is 19.2 Å². The van der Waals surface area contributed by atoms with Gasteiger partial charge in [-0.05, 0) is 164 Å². The number of thioether (sulfide) groups is 2. The molecule has 2 heterocycles. The van der Waals surface area contributed by atoms with Crippen LogP contribution >= 0.6 is 23.5 Å². The number of amides is 2. The van der Waals surface area contributed by atoms with Crippen molar-refractivity contribution in [2.24, 2.45) is 0 Å². The van der Waals surface area contributed by atoms with Crippen LogP contribution in [0.4, 0.5) is 35.1 Å². The number of nitrogens with zero attached hydrogens (tertiary/aromatic N) is 8. The zero-order valence-electron chi connectivity index (χ0n) is 80.3. The molecule has 0 atom stereocenters. The fourth-order valence-corrected chi connectivity index (χ4v) is 10.9. The summed E-state index contributed by atoms with van der Waals surface area (Å²) in [6.07, 6.45) is -20.1. The molecule has 0 N–H and O–H groups in total. The molecule has 2 amide bonds. The van der Waals surface area contributed by atoms with E-state index in [1.165, 1.54) is 24.3 Å². The van der Waals surface area contributed by atoms with Crippen LogP contribution < -0.4 is 11.1 Å². The molecule has 0 saturated heterocycles. The molecule has 0 unspecified atom stereocenters. The molecule has 6 aromatic carbocycles. The molecule has 22 heteroatoms. The minimum atomic E-state index is -5.20. The Kier molecular flexibility index (Phi) is 14.4. The largest absolute Gasteiger partial charge is 0.416 e. The quantitative estimate of drug-likeness (QED) is 0.0295. The van der Waals surface area contributed by atoms with Crippen LogP contribution in [0.25, 0.3) is 22.3 Å². The lowest BCUT2D eigenvalue weighted by Crippen LogP contribution is -2.40. The topological polar surface area (TPSA) is 117 Å². The first kappa shape index (κ1) is 41.9. The molecular weight excluding hydrogens is 1270 g/mol. The van der Waals surface area contributed by atoms with Crippen molar-refractivity contribution >= 4 is 35.3 Å². The van der Waals surface area contributed by atoms with Gasteiger partial charge in [0.25, 0.3) is 11.1 Å². The number of fused-ring (bicyclic) bond motifs is 2. The van der Waals surface area contributed by atoms with E-state index in [9.17, 15) is 55.0 Å². The normalized spacial score (nSPS) is 19.8. The number of carbonyl (C=O) groups excluding carboxylic acids is 2. The lowest BCUT2D eigenvalue weighted by Gasteiger charge is -2.28. The second-order valence-electron chi connectivity index (χ2n) is 20.7. The van der Waals surface area contributed by atoms with Crippen LogP contribution in [0.3, 0.4) is 0 Å². The van der Waals surface area contributed by atoms with Gasteiger partial charge in [-0.2, -0.15) is 36.3 Å². The molecule has 0 saturated carbocycles. The van der Waals surface area contributed by atoms with E-state index in [1.54, 1.807) is 43.0 Å². The summed E-state index contributed by atoms with van der Waals surface area (Å²) in [7, 11) is 0. The Labute approximate surface area is 598 Å². The third kappa shape index (κ3) is 19.0. The molecule has 0 fully saturated rings. The lowest BCUT2D eigenvalue weighted by atomic mass is 9.98. The molecule has 8 aromatic rings. The summed E-state index contributed by atoms with van der Waals surface area (Å²) in [5.41, 5.74) is -16.4. The molecule has 2 aliphatic carbocycles. The number of hydrogen-bond donors (Lipinski definition) is 0. The molecule has 10 rings (SSSR count). The molecule has 0 radical (unpaired) electrons. The van der Waals surface area contributed by atoms with Crippen molar-refractivity contribution in [1.29, 1.82) is 0 Å². The second kappa shape index (κ2) is 32.7. The highest BCUT2D eigenvalue weighted by Crippen LogP contribution is 2.36. The summed E-state index contributed by atoms with van der Waals surface area (Å²) < 4.78 is 360. The van der Waals surface area contributed by atoms with Gasteiger partial charge in [-0.15, -0.1) is 0 Å². The average molecular weight is 1380 g/mol. The van der Waals surface area contributed by atoms with E-state index in [-0.39, 0.29) is 60.4 Å². The smallest absolute Gasteiger partial charge is 0.336 e. The Morgan fingerprint density at radius 2 is 1.07 bits per heavy atom. The second-order valence-corrected chi connectivity index (χ2v) is 22.3. The summed E-state index contributed by atoms with van der Waals surface area (Å²) in [5.74, 6) is -5.31. The average Bonchev–Trinajstić information content (AvgIpc) is 1.51. The Morgan fingerprint density at radius 1 is 0.558 bits per heavy atom. The van der Waals surface area contributed by atoms with Gasteiger partial charge in [-0.25, -0.2) is 8.78 Å². The summed E-state index contributed by atoms with van der Waals surface area (Å²) >= 11 is -0.0514. The van der Waals surface area contributed by atoms with Gasteiger partial charge in [0.15, 0.2) is 10.3 Å². The SMILES string of the molecule is [2H]C([2H])(Sc1nc(=O)c2c(n1C([2H])([2H])C(=O)N(CCN(C([2H])([2H])C)C([2H])([2H])C)Cc1ccc(-c3ccc(C(F)(F)F)cc3)cc1)CCC2)c1ccc(F)cc1.[2H]c1c([2H])c(C([2H])([2H])Sc2nc(=O)c3c(n2C([2H])([2H])C(=O)N(CCN(CC)CC)Cc2c([2H])c([2H])c(-c4c([2H])c([2H])c(C(F)(F)F)c(C)c4[2H])c([2H])c2[2H])C([2H])([2H])C([2H])([2H])C3([2H])[2H])c([2H])c([2H])c1F. The number of rotatable bonds is 26. The summed E-state index contributed by atoms with van der Waals surface area (Å²) in [6.45, 7) is -7.18. The monoisotopic (exact) mass is 1380 g/mol. The third-order valence-electron chi connectivity index (χ3n) is 14.6. The van der Waals surface area contributed by atoms with Crippen molar-refractivity contribution in [3.63, 3.8) is 0 Å². The minimum absolute atomic E-state index is 0.00350. The highest BCUT2D eigenvalue weighted by molar-refractivity contribution is 7.98. The van der Waals surface area contributed by atoms with Crippen molar-refractivity contribution < 1.29 is 84.5 Å². The molecule has 2 aromatic heterocycles. The Hall–Kier alpha value is -7.92. The predicted molar refractivity (Wildman–Crippen MR) is 358 cm³/mol. The molecule has 2 aliphatic rings. The van der Waals surface area contributed by atoms with Gasteiger partial charge < -0.3 is 28.7 Å². The van der Waals surface area contributed by atoms with E-state index in [2.05, 4.69) is 9.97 Å². The van der Waals surface area contributed by atoms with Crippen LogP contribution in [0.2, 0.25) is 0 Å². The van der Waals surface area contributed by atoms with E-state index < -0.39 is 255 Å². The minimum Gasteiger partial charge on any atom is -0.336 e. The maximum atomic E-state index is 15.0. The molecular formula is C73H78F8N8O4S2. The zero-order chi connectivity index (χ0) is 93.7. The first-order chi connectivity index (χ1) is 56.7. The van der Waals surface area contributed by atoms with E-state index in [0.29, 0.717) is 52.9 Å². The summed E-state index contributed by atoms with van der Waals surface area (Å²) in [4.78, 5) is 68.2. The van der Waals surface area contributed by atoms with Crippen LogP contribution in [0.5, 0.6) is 0 Å². The first-order valence-electron chi connectivity index (χ1n) is 43.6. The van der Waals surface area contributed by atoms with E-state index >= 15 is 4.79 Å². The number of benzene rings is 6. The summed E-state index contributed by atoms with van der Waals surface area (Å²) in [5, 5.41) is -1.80. The fraction of sp³-hybridized carbons (Fsp3) is 0.370. The van der Waals surface area contributed by atoms with Crippen molar-refractivity contribution in [1.82, 2.24) is 38.7 Å². The maximum Gasteiger partial charge on any atom is 0.416 e. The molecule has 12 nitrogen and oxygen atoms in total. The predicted octanol–water partition coefficient (Wildman–Crippen LogP) is 14.7. The van der Waals surface area contributed by atoms with Crippen LogP contribution in [-0.4, -0.2) is 103 Å². The Morgan fingerprint density at radius 3 is 1.64 bits per heavy atom. The van der Waals surface area contributed by atoms with Gasteiger partial charge in [0.05, 0.1) is 31.7 Å². The standard InChI is InChI=1S/C37H40F4N4O2S.C36H38F4N4O2S/c1-4-43(5-2)19-20-44(22-26-9-13-28(14-10-26)29-15-18-32(25(3)21-29)37(39,40)41)34(46)23-45-33-8-6-7-31(33)35(47)42-36(45)48-24-27-11-16-30(38)17-12-27;1-3-42(4-2)20-21-43(22-25-8-12-27(13-9-25)28-14-16-29(17-15-28)36(38,39)40)33(45)23-44-32-7-5-6-31(32)34(46)41-35(44)47-24-26-10-18-30(37)19-11-26/h9-18,21H,4-8,19-20,22-24H2,1-3H3;8-19H,3-7,20-24H2,1-2H3/i6D2,7D2,8D2,9D,10D,11D,12D,13D,14D,15D,16D,17D,18D,21D,23D2,24D2;3D2,4D2,23D2,24D2. The lowest BCUT2D eigenvalue weighted by molar-refractivity contribution is -0.138. The van der Waals surface area contributed by atoms with Gasteiger partial charge in [0.1, 0.15) is 24.6 Å². The number of hydrogen-bond acceptors (Lipinski definition) is 10. The van der Waals surface area contributed by atoms with Gasteiger partial charge >= 0.3 is 12.4 Å². The van der Waals surface area contributed by atoms with Crippen LogP contribution in [0, 0.1) is 18.6 Å². The molecule has 0 bridgehead atoms. The van der Waals surface area contributed by atoms with Gasteiger partial charge in [0.2, 0.25) is 11.8 Å². The molecule has 502 valence electrons. The van der Waals surface area contributed by atoms with Gasteiger partial charge in [0, 0.05) is 92.4 Å². The highest BCUT2D eigenvalue weighted by Gasteiger charge is 2.33. The number of carbonyl (C=O) groups is 2. The van der Waals surface area contributed by atoms with E-state index in [4.69, 9.17) is 34.3 Å². The van der Waals surface area contributed by atoms with Crippen LogP contribution in [0.15, 0.2) is 159 Å². The fourth-order valence-electron chi connectivity index (χ4n) is 9.55. The molecule has 95 heavy (non-hydrogen) atoms. The number of likely N-dealkylation sites (N-methyl/N-ethyl adjacent to an activating group) is 2. The molecule has 0 aliphatic heterocycles. The van der Waals surface area contributed by atoms with E-state index in [0.717, 1.165) is 59.4 Å². The number of aromatic nitrogens is 4. The highest BCUT2D eigenvalue weighted by atomic mass is 32.2. The zero-order valence-corrected chi connectivity index (χ0v) is 52.9. The van der Waals surface area contributed by atoms with Crippen LogP contribution in [-0.2, 0) is 85.0 Å². The number of halogens is 8.